The second-order valence-corrected chi connectivity index (χ2v) is 8.72. The Hall–Kier alpha value is -2.41. The number of hydrogen-bond acceptors (Lipinski definition) is 5. The van der Waals surface area contributed by atoms with Crippen molar-refractivity contribution in [2.24, 2.45) is 7.05 Å². The van der Waals surface area contributed by atoms with Gasteiger partial charge in [-0.2, -0.15) is 10.1 Å². The van der Waals surface area contributed by atoms with Crippen LogP contribution in [0.25, 0.3) is 0 Å². The highest BCUT2D eigenvalue weighted by Crippen LogP contribution is 2.25. The van der Waals surface area contributed by atoms with Crippen molar-refractivity contribution >= 4 is 11.9 Å². The molecule has 0 spiro atoms. The van der Waals surface area contributed by atoms with E-state index in [0.717, 1.165) is 37.5 Å². The predicted octanol–water partition coefficient (Wildman–Crippen LogP) is 3.38. The maximum atomic E-state index is 12.3. The van der Waals surface area contributed by atoms with Crippen LogP contribution in [0.4, 0.5) is 5.95 Å². The first-order valence-corrected chi connectivity index (χ1v) is 10.5. The fraction of sp³-hybridized carbons (Fsp3) is 0.591. The third-order valence-corrected chi connectivity index (χ3v) is 5.27. The van der Waals surface area contributed by atoms with E-state index in [1.165, 1.54) is 5.56 Å². The zero-order chi connectivity index (χ0) is 20.9. The molecule has 1 aliphatic rings. The molecule has 7 nitrogen and oxygen atoms in total. The Balaban J connectivity index is 1.41. The van der Waals surface area contributed by atoms with Crippen molar-refractivity contribution < 1.29 is 9.53 Å². The minimum absolute atomic E-state index is 0.0657. The van der Waals surface area contributed by atoms with Gasteiger partial charge in [0.2, 0.25) is 11.9 Å². The first-order valence-electron chi connectivity index (χ1n) is 10.5. The first-order chi connectivity index (χ1) is 13.8. The monoisotopic (exact) mass is 399 g/mol. The van der Waals surface area contributed by atoms with Gasteiger partial charge in [-0.1, -0.05) is 32.9 Å². The first kappa shape index (κ1) is 21.3. The Kier molecular flexibility index (Phi) is 6.90. The van der Waals surface area contributed by atoms with Crippen LogP contribution in [-0.2, 0) is 17.3 Å². The lowest BCUT2D eigenvalue weighted by Crippen LogP contribution is -2.27. The average molecular weight is 400 g/mol. The number of piperidine rings is 1. The number of amides is 1. The van der Waals surface area contributed by atoms with Crippen molar-refractivity contribution in [1.29, 1.82) is 0 Å². The molecular formula is C22H33N5O2. The molecule has 2 aromatic rings. The SMILES string of the molecule is Cn1nc(C2CCNCC2)nc1NC(=O)CCCOc1ccc(C(C)(C)C)cc1. The van der Waals surface area contributed by atoms with Crippen molar-refractivity contribution in [3.63, 3.8) is 0 Å². The van der Waals surface area contributed by atoms with E-state index in [1.807, 2.05) is 19.2 Å². The molecule has 1 aromatic heterocycles. The normalized spacial score (nSPS) is 15.3. The molecule has 0 aliphatic carbocycles. The molecule has 1 amide bonds. The zero-order valence-corrected chi connectivity index (χ0v) is 18.0. The van der Waals surface area contributed by atoms with Gasteiger partial charge in [-0.05, 0) is 55.5 Å². The van der Waals surface area contributed by atoms with Gasteiger partial charge in [0.15, 0.2) is 5.82 Å². The molecule has 158 valence electrons. The molecule has 0 bridgehead atoms. The molecule has 1 aromatic carbocycles. The van der Waals surface area contributed by atoms with E-state index in [0.29, 0.717) is 31.3 Å². The quantitative estimate of drug-likeness (QED) is 0.698. The minimum Gasteiger partial charge on any atom is -0.494 e. The van der Waals surface area contributed by atoms with Gasteiger partial charge in [-0.15, -0.1) is 0 Å². The van der Waals surface area contributed by atoms with Gasteiger partial charge < -0.3 is 10.1 Å². The van der Waals surface area contributed by atoms with Crippen LogP contribution < -0.4 is 15.4 Å². The zero-order valence-electron chi connectivity index (χ0n) is 18.0. The minimum atomic E-state index is -0.0657. The Bertz CT molecular complexity index is 802. The molecule has 3 rings (SSSR count). The summed E-state index contributed by atoms with van der Waals surface area (Å²) < 4.78 is 7.42. The van der Waals surface area contributed by atoms with Gasteiger partial charge >= 0.3 is 0 Å². The van der Waals surface area contributed by atoms with Crippen LogP contribution in [-0.4, -0.2) is 40.4 Å². The number of rotatable bonds is 7. The number of nitrogens with zero attached hydrogens (tertiary/aromatic N) is 3. The number of anilines is 1. The molecule has 0 saturated carbocycles. The molecule has 2 heterocycles. The van der Waals surface area contributed by atoms with Crippen LogP contribution in [0.15, 0.2) is 24.3 Å². The van der Waals surface area contributed by atoms with E-state index in [-0.39, 0.29) is 11.3 Å². The van der Waals surface area contributed by atoms with Crippen molar-refractivity contribution in [3.8, 4) is 5.75 Å². The lowest BCUT2D eigenvalue weighted by atomic mass is 9.87. The maximum Gasteiger partial charge on any atom is 0.227 e. The van der Waals surface area contributed by atoms with E-state index >= 15 is 0 Å². The fourth-order valence-electron chi connectivity index (χ4n) is 3.43. The molecule has 0 radical (unpaired) electrons. The largest absolute Gasteiger partial charge is 0.494 e. The number of carbonyl (C=O) groups is 1. The molecule has 1 aliphatic heterocycles. The van der Waals surface area contributed by atoms with Crippen molar-refractivity contribution in [2.45, 2.75) is 57.8 Å². The van der Waals surface area contributed by atoms with E-state index in [9.17, 15) is 4.79 Å². The second-order valence-electron chi connectivity index (χ2n) is 8.72. The maximum absolute atomic E-state index is 12.3. The van der Waals surface area contributed by atoms with Crippen LogP contribution in [0, 0.1) is 0 Å². The van der Waals surface area contributed by atoms with Gasteiger partial charge in [0, 0.05) is 19.4 Å². The topological polar surface area (TPSA) is 81.1 Å². The molecule has 0 atom stereocenters. The van der Waals surface area contributed by atoms with E-state index in [2.05, 4.69) is 53.6 Å². The summed E-state index contributed by atoms with van der Waals surface area (Å²) in [6.07, 6.45) is 3.10. The molecule has 1 fully saturated rings. The number of hydrogen-bond donors (Lipinski definition) is 2. The van der Waals surface area contributed by atoms with E-state index in [4.69, 9.17) is 4.74 Å². The lowest BCUT2D eigenvalue weighted by Gasteiger charge is -2.19. The Morgan fingerprint density at radius 3 is 2.59 bits per heavy atom. The van der Waals surface area contributed by atoms with Crippen molar-refractivity contribution in [3.05, 3.63) is 35.7 Å². The summed E-state index contributed by atoms with van der Waals surface area (Å²) in [6, 6.07) is 8.16. The number of carbonyl (C=O) groups excluding carboxylic acids is 1. The van der Waals surface area contributed by atoms with Crippen LogP contribution in [0.1, 0.15) is 63.8 Å². The highest BCUT2D eigenvalue weighted by Gasteiger charge is 2.21. The van der Waals surface area contributed by atoms with Crippen molar-refractivity contribution in [2.75, 3.05) is 25.0 Å². The Morgan fingerprint density at radius 2 is 1.93 bits per heavy atom. The summed E-state index contributed by atoms with van der Waals surface area (Å²) in [4.78, 5) is 16.8. The Labute approximate surface area is 173 Å². The second kappa shape index (κ2) is 9.39. The fourth-order valence-corrected chi connectivity index (χ4v) is 3.43. The van der Waals surface area contributed by atoms with Gasteiger partial charge in [0.25, 0.3) is 0 Å². The van der Waals surface area contributed by atoms with Crippen LogP contribution in [0.5, 0.6) is 5.75 Å². The number of ether oxygens (including phenoxy) is 1. The average Bonchev–Trinajstić information content (AvgIpc) is 3.06. The van der Waals surface area contributed by atoms with Gasteiger partial charge in [-0.25, -0.2) is 4.68 Å². The molecular weight excluding hydrogens is 366 g/mol. The molecule has 7 heteroatoms. The molecule has 1 saturated heterocycles. The molecule has 0 unspecified atom stereocenters. The summed E-state index contributed by atoms with van der Waals surface area (Å²) in [6.45, 7) is 9.05. The van der Waals surface area contributed by atoms with Crippen LogP contribution >= 0.6 is 0 Å². The summed E-state index contributed by atoms with van der Waals surface area (Å²) in [5, 5.41) is 10.7. The molecule has 29 heavy (non-hydrogen) atoms. The van der Waals surface area contributed by atoms with Crippen LogP contribution in [0.3, 0.4) is 0 Å². The number of nitrogens with one attached hydrogen (secondary N) is 2. The summed E-state index contributed by atoms with van der Waals surface area (Å²) in [7, 11) is 1.82. The smallest absolute Gasteiger partial charge is 0.227 e. The number of aromatic nitrogens is 3. The summed E-state index contributed by atoms with van der Waals surface area (Å²) in [5.41, 5.74) is 1.40. The molecule has 2 N–H and O–H groups in total. The van der Waals surface area contributed by atoms with E-state index < -0.39 is 0 Å². The third-order valence-electron chi connectivity index (χ3n) is 5.27. The lowest BCUT2D eigenvalue weighted by molar-refractivity contribution is -0.116. The summed E-state index contributed by atoms with van der Waals surface area (Å²) >= 11 is 0. The third kappa shape index (κ3) is 6.03. The number of benzene rings is 1. The highest BCUT2D eigenvalue weighted by molar-refractivity contribution is 5.88. The summed E-state index contributed by atoms with van der Waals surface area (Å²) in [5.74, 6) is 2.47. The highest BCUT2D eigenvalue weighted by atomic mass is 16.5. The van der Waals surface area contributed by atoms with E-state index in [1.54, 1.807) is 4.68 Å². The van der Waals surface area contributed by atoms with Gasteiger partial charge in [0.05, 0.1) is 6.61 Å². The Morgan fingerprint density at radius 1 is 1.24 bits per heavy atom. The van der Waals surface area contributed by atoms with Crippen LogP contribution in [0.2, 0.25) is 0 Å². The predicted molar refractivity (Wildman–Crippen MR) is 114 cm³/mol. The van der Waals surface area contributed by atoms with Gasteiger partial charge in [0.1, 0.15) is 5.75 Å². The standard InChI is InChI=1S/C22H33N5O2/c1-22(2,3)17-7-9-18(10-8-17)29-15-5-6-19(28)24-21-25-20(26-27(21)4)16-11-13-23-14-12-16/h7-10,16,23H,5-6,11-15H2,1-4H3,(H,24,25,26,28). The number of aryl methyl sites for hydroxylation is 1. The van der Waals surface area contributed by atoms with Gasteiger partial charge in [-0.3, -0.25) is 10.1 Å². The van der Waals surface area contributed by atoms with Crippen molar-refractivity contribution in [1.82, 2.24) is 20.1 Å².